The molecule has 0 aliphatic carbocycles. The van der Waals surface area contributed by atoms with E-state index in [4.69, 9.17) is 27.9 Å². The van der Waals surface area contributed by atoms with Crippen molar-refractivity contribution in [2.45, 2.75) is 13.0 Å². The number of carbonyl (C=O) groups is 1. The second-order valence-corrected chi connectivity index (χ2v) is 5.01. The molecule has 0 fully saturated rings. The summed E-state index contributed by atoms with van der Waals surface area (Å²) in [6, 6.07) is 14.1. The van der Waals surface area contributed by atoms with Gasteiger partial charge in [0.1, 0.15) is 5.75 Å². The summed E-state index contributed by atoms with van der Waals surface area (Å²) in [5.41, 5.74) is 0.577. The number of halogens is 2. The van der Waals surface area contributed by atoms with Crippen molar-refractivity contribution in [3.8, 4) is 5.75 Å². The molecule has 0 heterocycles. The summed E-state index contributed by atoms with van der Waals surface area (Å²) in [7, 11) is 0. The van der Waals surface area contributed by atoms with Crippen LogP contribution in [0.25, 0.3) is 0 Å². The molecule has 0 aromatic heterocycles. The van der Waals surface area contributed by atoms with Gasteiger partial charge in [-0.15, -0.1) is 0 Å². The number of para-hydroxylation sites is 1. The van der Waals surface area contributed by atoms with Crippen LogP contribution in [0.5, 0.6) is 5.75 Å². The fourth-order valence-electron chi connectivity index (χ4n) is 1.57. The molecule has 0 saturated heterocycles. The lowest BCUT2D eigenvalue weighted by atomic mass is 10.3. The van der Waals surface area contributed by atoms with Gasteiger partial charge in [0.15, 0.2) is 6.10 Å². The van der Waals surface area contributed by atoms with Gasteiger partial charge in [0.25, 0.3) is 5.91 Å². The summed E-state index contributed by atoms with van der Waals surface area (Å²) in [6.45, 7) is 1.68. The van der Waals surface area contributed by atoms with Crippen LogP contribution in [0.4, 0.5) is 5.69 Å². The van der Waals surface area contributed by atoms with Crippen LogP contribution in [0.1, 0.15) is 6.92 Å². The maximum Gasteiger partial charge on any atom is 0.265 e. The molecule has 3 nitrogen and oxygen atoms in total. The van der Waals surface area contributed by atoms with Crippen molar-refractivity contribution in [1.29, 1.82) is 0 Å². The first-order chi connectivity index (χ1) is 9.56. The average molecular weight is 310 g/mol. The number of benzene rings is 2. The molecular formula is C15H13Cl2NO2. The molecule has 0 aliphatic heterocycles. The molecule has 5 heteroatoms. The van der Waals surface area contributed by atoms with E-state index in [1.165, 1.54) is 0 Å². The average Bonchev–Trinajstić information content (AvgIpc) is 2.44. The quantitative estimate of drug-likeness (QED) is 0.909. The third kappa shape index (κ3) is 3.89. The number of nitrogens with one attached hydrogen (secondary N) is 1. The van der Waals surface area contributed by atoms with Gasteiger partial charge in [-0.25, -0.2) is 0 Å². The monoisotopic (exact) mass is 309 g/mol. The van der Waals surface area contributed by atoms with E-state index in [0.29, 0.717) is 21.5 Å². The largest absolute Gasteiger partial charge is 0.481 e. The van der Waals surface area contributed by atoms with E-state index in [0.717, 1.165) is 0 Å². The van der Waals surface area contributed by atoms with Gasteiger partial charge < -0.3 is 10.1 Å². The third-order valence-electron chi connectivity index (χ3n) is 2.61. The summed E-state index contributed by atoms with van der Waals surface area (Å²) < 4.78 is 5.53. The number of amides is 1. The van der Waals surface area contributed by atoms with Gasteiger partial charge in [-0.3, -0.25) is 4.79 Å². The van der Waals surface area contributed by atoms with Crippen molar-refractivity contribution in [1.82, 2.24) is 0 Å². The van der Waals surface area contributed by atoms with Crippen molar-refractivity contribution in [2.75, 3.05) is 5.32 Å². The highest BCUT2D eigenvalue weighted by Crippen LogP contribution is 2.25. The van der Waals surface area contributed by atoms with Crippen molar-refractivity contribution in [3.63, 3.8) is 0 Å². The Morgan fingerprint density at radius 1 is 1.10 bits per heavy atom. The van der Waals surface area contributed by atoms with E-state index in [1.54, 1.807) is 37.3 Å². The van der Waals surface area contributed by atoms with E-state index in [9.17, 15) is 4.79 Å². The van der Waals surface area contributed by atoms with E-state index in [2.05, 4.69) is 5.32 Å². The minimum absolute atomic E-state index is 0.257. The lowest BCUT2D eigenvalue weighted by Crippen LogP contribution is -2.30. The molecule has 0 spiro atoms. The zero-order valence-electron chi connectivity index (χ0n) is 10.8. The van der Waals surface area contributed by atoms with E-state index in [1.807, 2.05) is 18.2 Å². The number of anilines is 1. The van der Waals surface area contributed by atoms with Crippen molar-refractivity contribution in [2.24, 2.45) is 0 Å². The van der Waals surface area contributed by atoms with Gasteiger partial charge in [-0.2, -0.15) is 0 Å². The van der Waals surface area contributed by atoms with E-state index >= 15 is 0 Å². The molecule has 0 saturated carbocycles. The fraction of sp³-hybridized carbons (Fsp3) is 0.133. The Bertz CT molecular complexity index is 602. The number of hydrogen-bond acceptors (Lipinski definition) is 2. The molecule has 0 radical (unpaired) electrons. The van der Waals surface area contributed by atoms with Crippen LogP contribution in [0.15, 0.2) is 48.5 Å². The Kier molecular flexibility index (Phi) is 4.88. The Morgan fingerprint density at radius 2 is 1.80 bits per heavy atom. The molecule has 0 bridgehead atoms. The highest BCUT2D eigenvalue weighted by atomic mass is 35.5. The Hall–Kier alpha value is -1.71. The number of ether oxygens (including phenoxy) is 1. The number of rotatable bonds is 4. The number of carbonyl (C=O) groups excluding carboxylic acids is 1. The van der Waals surface area contributed by atoms with Crippen LogP contribution in [-0.2, 0) is 4.79 Å². The predicted molar refractivity (Wildman–Crippen MR) is 81.6 cm³/mol. The smallest absolute Gasteiger partial charge is 0.265 e. The first-order valence-electron chi connectivity index (χ1n) is 6.04. The van der Waals surface area contributed by atoms with Gasteiger partial charge >= 0.3 is 0 Å². The zero-order valence-corrected chi connectivity index (χ0v) is 12.3. The maximum atomic E-state index is 12.0. The predicted octanol–water partition coefficient (Wildman–Crippen LogP) is 4.40. The van der Waals surface area contributed by atoms with Gasteiger partial charge in [0.2, 0.25) is 0 Å². The maximum absolute atomic E-state index is 12.0. The Morgan fingerprint density at radius 3 is 2.45 bits per heavy atom. The lowest BCUT2D eigenvalue weighted by molar-refractivity contribution is -0.122. The molecule has 1 N–H and O–H groups in total. The molecular weight excluding hydrogens is 297 g/mol. The third-order valence-corrected chi connectivity index (χ3v) is 3.35. The Labute approximate surface area is 127 Å². The van der Waals surface area contributed by atoms with Crippen LogP contribution in [0.3, 0.4) is 0 Å². The van der Waals surface area contributed by atoms with Crippen LogP contribution in [0, 0.1) is 0 Å². The molecule has 2 aromatic carbocycles. The summed E-state index contributed by atoms with van der Waals surface area (Å²) in [6.07, 6.45) is -0.619. The van der Waals surface area contributed by atoms with Gasteiger partial charge in [-0.1, -0.05) is 41.4 Å². The van der Waals surface area contributed by atoms with Gasteiger partial charge in [-0.05, 0) is 37.3 Å². The summed E-state index contributed by atoms with van der Waals surface area (Å²) in [4.78, 5) is 12.0. The standard InChI is InChI=1S/C15H13Cl2NO2/c1-10(20-12-5-3-2-4-6-12)15(19)18-11-7-8-13(16)14(17)9-11/h2-10H,1H3,(H,18,19)/t10-/m1/s1. The lowest BCUT2D eigenvalue weighted by Gasteiger charge is -2.14. The summed E-state index contributed by atoms with van der Waals surface area (Å²) in [5, 5.41) is 3.56. The second kappa shape index (κ2) is 6.64. The van der Waals surface area contributed by atoms with Gasteiger partial charge in [0.05, 0.1) is 10.0 Å². The van der Waals surface area contributed by atoms with Gasteiger partial charge in [0, 0.05) is 5.69 Å². The van der Waals surface area contributed by atoms with Crippen molar-refractivity contribution >= 4 is 34.8 Å². The molecule has 104 valence electrons. The first-order valence-corrected chi connectivity index (χ1v) is 6.79. The van der Waals surface area contributed by atoms with Crippen LogP contribution in [0.2, 0.25) is 10.0 Å². The highest BCUT2D eigenvalue weighted by molar-refractivity contribution is 6.42. The summed E-state index contributed by atoms with van der Waals surface area (Å²) in [5.74, 6) is 0.386. The van der Waals surface area contributed by atoms with E-state index < -0.39 is 6.10 Å². The minimum Gasteiger partial charge on any atom is -0.481 e. The SMILES string of the molecule is C[C@@H](Oc1ccccc1)C(=O)Nc1ccc(Cl)c(Cl)c1. The topological polar surface area (TPSA) is 38.3 Å². The van der Waals surface area contributed by atoms with Crippen LogP contribution in [-0.4, -0.2) is 12.0 Å². The molecule has 20 heavy (non-hydrogen) atoms. The molecule has 2 aromatic rings. The van der Waals surface area contributed by atoms with Crippen LogP contribution >= 0.6 is 23.2 Å². The first kappa shape index (κ1) is 14.7. The van der Waals surface area contributed by atoms with E-state index in [-0.39, 0.29) is 5.91 Å². The summed E-state index contributed by atoms with van der Waals surface area (Å²) >= 11 is 11.7. The minimum atomic E-state index is -0.619. The van der Waals surface area contributed by atoms with Crippen LogP contribution < -0.4 is 10.1 Å². The normalized spacial score (nSPS) is 11.8. The van der Waals surface area contributed by atoms with Crippen molar-refractivity contribution in [3.05, 3.63) is 58.6 Å². The molecule has 1 amide bonds. The zero-order chi connectivity index (χ0) is 14.5. The fourth-order valence-corrected chi connectivity index (χ4v) is 1.87. The van der Waals surface area contributed by atoms with Crippen molar-refractivity contribution < 1.29 is 9.53 Å². The molecule has 0 aliphatic rings. The second-order valence-electron chi connectivity index (χ2n) is 4.19. The molecule has 0 unspecified atom stereocenters. The molecule has 2 rings (SSSR count). The number of hydrogen-bond donors (Lipinski definition) is 1. The Balaban J connectivity index is 1.99. The highest BCUT2D eigenvalue weighted by Gasteiger charge is 2.15. The molecule has 1 atom stereocenters.